The van der Waals surface area contributed by atoms with Crippen LogP contribution in [-0.4, -0.2) is 24.8 Å². The lowest BCUT2D eigenvalue weighted by molar-refractivity contribution is -0.135. The molecule has 3 heteroatoms. The van der Waals surface area contributed by atoms with E-state index in [1.54, 1.807) is 11.6 Å². The van der Waals surface area contributed by atoms with Gasteiger partial charge in [0.1, 0.15) is 6.61 Å². The number of cyclic esters (lactones) is 1. The van der Waals surface area contributed by atoms with Crippen molar-refractivity contribution < 1.29 is 14.3 Å². The van der Waals surface area contributed by atoms with Crippen LogP contribution in [0.1, 0.15) is 64.7 Å². The first-order valence-electron chi connectivity index (χ1n) is 10.8. The van der Waals surface area contributed by atoms with Gasteiger partial charge in [0.15, 0.2) is 0 Å². The van der Waals surface area contributed by atoms with E-state index in [0.29, 0.717) is 17.9 Å². The molecule has 4 aliphatic carbocycles. The molecular weight excluding hydrogens is 324 g/mol. The second kappa shape index (κ2) is 5.04. The number of hydrogen-bond acceptors (Lipinski definition) is 3. The van der Waals surface area contributed by atoms with Gasteiger partial charge in [0.25, 0.3) is 0 Å². The Morgan fingerprint density at radius 2 is 2.04 bits per heavy atom. The minimum Gasteiger partial charge on any atom is -0.458 e. The number of carbonyl (C=O) groups excluding carboxylic acids is 1. The molecule has 0 aromatic carbocycles. The van der Waals surface area contributed by atoms with Gasteiger partial charge in [-0.2, -0.15) is 0 Å². The summed E-state index contributed by atoms with van der Waals surface area (Å²) in [5, 5.41) is 0. The predicted octanol–water partition coefficient (Wildman–Crippen LogP) is 4.57. The third kappa shape index (κ3) is 1.72. The van der Waals surface area contributed by atoms with Gasteiger partial charge in [-0.3, -0.25) is 0 Å². The van der Waals surface area contributed by atoms with Crippen LogP contribution in [0.3, 0.4) is 0 Å². The van der Waals surface area contributed by atoms with Gasteiger partial charge in [-0.05, 0) is 79.3 Å². The molecule has 0 radical (unpaired) electrons. The van der Waals surface area contributed by atoms with E-state index in [9.17, 15) is 4.79 Å². The van der Waals surface area contributed by atoms with E-state index in [4.69, 9.17) is 9.47 Å². The molecule has 4 fully saturated rings. The number of fused-ring (bicyclic) bond motifs is 1. The van der Waals surface area contributed by atoms with Gasteiger partial charge in [-0.1, -0.05) is 25.8 Å². The molecule has 1 saturated heterocycles. The molecule has 140 valence electrons. The number of esters is 1. The molecule has 0 aromatic rings. The van der Waals surface area contributed by atoms with Gasteiger partial charge in [0.05, 0.1) is 12.2 Å². The van der Waals surface area contributed by atoms with Gasteiger partial charge in [-0.15, -0.1) is 0 Å². The molecule has 3 saturated carbocycles. The number of allylic oxidation sites excluding steroid dienone is 1. The van der Waals surface area contributed by atoms with Crippen molar-refractivity contribution in [2.75, 3.05) is 13.2 Å². The van der Waals surface area contributed by atoms with Crippen LogP contribution in [0.4, 0.5) is 0 Å². The predicted molar refractivity (Wildman–Crippen MR) is 98.4 cm³/mol. The molecule has 6 atom stereocenters. The van der Waals surface area contributed by atoms with E-state index in [0.717, 1.165) is 24.9 Å². The summed E-state index contributed by atoms with van der Waals surface area (Å²) in [7, 11) is 0. The minimum atomic E-state index is -0.150. The number of rotatable bonds is 1. The first-order chi connectivity index (χ1) is 12.6. The molecule has 6 aliphatic rings. The van der Waals surface area contributed by atoms with Crippen molar-refractivity contribution in [3.8, 4) is 0 Å². The van der Waals surface area contributed by atoms with Crippen LogP contribution in [0.15, 0.2) is 23.3 Å². The molecule has 0 unspecified atom stereocenters. The van der Waals surface area contributed by atoms with Crippen molar-refractivity contribution in [3.63, 3.8) is 0 Å². The van der Waals surface area contributed by atoms with E-state index < -0.39 is 0 Å². The smallest absolute Gasteiger partial charge is 0.331 e. The summed E-state index contributed by atoms with van der Waals surface area (Å²) in [6.07, 6.45) is 16.1. The van der Waals surface area contributed by atoms with Crippen LogP contribution in [0.25, 0.3) is 0 Å². The molecule has 2 aliphatic heterocycles. The lowest BCUT2D eigenvalue weighted by Gasteiger charge is -2.58. The quantitative estimate of drug-likeness (QED) is 0.511. The maximum Gasteiger partial charge on any atom is 0.331 e. The summed E-state index contributed by atoms with van der Waals surface area (Å²) >= 11 is 0. The van der Waals surface area contributed by atoms with E-state index in [1.807, 2.05) is 0 Å². The second-order valence-corrected chi connectivity index (χ2v) is 10.1. The van der Waals surface area contributed by atoms with E-state index >= 15 is 0 Å². The van der Waals surface area contributed by atoms with Crippen molar-refractivity contribution >= 4 is 5.97 Å². The van der Waals surface area contributed by atoms with Crippen LogP contribution in [0.5, 0.6) is 0 Å². The summed E-state index contributed by atoms with van der Waals surface area (Å²) in [6.45, 7) is 3.96. The van der Waals surface area contributed by atoms with Crippen LogP contribution >= 0.6 is 0 Å². The lowest BCUT2D eigenvalue weighted by atomic mass is 9.45. The third-order valence-electron chi connectivity index (χ3n) is 9.46. The van der Waals surface area contributed by atoms with Gasteiger partial charge >= 0.3 is 5.97 Å². The van der Waals surface area contributed by atoms with Crippen molar-refractivity contribution in [2.24, 2.45) is 28.6 Å². The highest BCUT2D eigenvalue weighted by Gasteiger charge is 2.70. The second-order valence-electron chi connectivity index (χ2n) is 10.1. The van der Waals surface area contributed by atoms with Crippen LogP contribution in [0, 0.1) is 28.6 Å². The van der Waals surface area contributed by atoms with Crippen molar-refractivity contribution in [3.05, 3.63) is 23.3 Å². The maximum absolute atomic E-state index is 11.6. The molecular formula is C23H30O3. The molecule has 2 heterocycles. The Morgan fingerprint density at radius 1 is 1.12 bits per heavy atom. The average Bonchev–Trinajstić information content (AvgIpc) is 3.27. The largest absolute Gasteiger partial charge is 0.458 e. The molecule has 26 heavy (non-hydrogen) atoms. The van der Waals surface area contributed by atoms with Crippen LogP contribution in [-0.2, 0) is 14.3 Å². The van der Waals surface area contributed by atoms with Crippen LogP contribution in [0.2, 0.25) is 0 Å². The summed E-state index contributed by atoms with van der Waals surface area (Å²) in [4.78, 5) is 11.6. The van der Waals surface area contributed by atoms with E-state index in [-0.39, 0.29) is 17.0 Å². The average molecular weight is 354 g/mol. The molecule has 2 bridgehead atoms. The molecule has 3 nitrogen and oxygen atoms in total. The maximum atomic E-state index is 11.6. The van der Waals surface area contributed by atoms with Gasteiger partial charge in [0.2, 0.25) is 0 Å². The first kappa shape index (κ1) is 15.9. The summed E-state index contributed by atoms with van der Waals surface area (Å²) in [6, 6.07) is 0. The van der Waals surface area contributed by atoms with Crippen molar-refractivity contribution in [1.29, 1.82) is 0 Å². The highest BCUT2D eigenvalue weighted by molar-refractivity contribution is 5.85. The Labute approximate surface area is 156 Å². The Morgan fingerprint density at radius 3 is 2.88 bits per heavy atom. The SMILES string of the molecule is C[C@]12CC[C@@H]3[C@@]45CCCC[C@H]4CC[C@@]3(OC5)C1=CC[C@@H]2C1=CC(=O)OC1. The van der Waals surface area contributed by atoms with Gasteiger partial charge in [-0.25, -0.2) is 4.79 Å². The fraction of sp³-hybridized carbons (Fsp3) is 0.783. The standard InChI is InChI=1S/C23H30O3/c1-21-10-8-19-22-9-3-2-4-16(22)7-11-23(19,26-14-22)18(21)6-5-17(21)15-12-20(24)25-13-15/h6,12,16-17,19H,2-5,7-11,13-14H2,1H3/t16-,17+,19+,21+,22+,23+/m0/s1. The Hall–Kier alpha value is -1.09. The third-order valence-corrected chi connectivity index (χ3v) is 9.46. The molecule has 0 aromatic heterocycles. The zero-order valence-electron chi connectivity index (χ0n) is 15.9. The van der Waals surface area contributed by atoms with E-state index in [1.165, 1.54) is 56.9 Å². The van der Waals surface area contributed by atoms with Gasteiger partial charge < -0.3 is 9.47 Å². The van der Waals surface area contributed by atoms with Crippen molar-refractivity contribution in [1.82, 2.24) is 0 Å². The summed E-state index contributed by atoms with van der Waals surface area (Å²) < 4.78 is 12.1. The highest BCUT2D eigenvalue weighted by atomic mass is 16.5. The number of ether oxygens (including phenoxy) is 2. The molecule has 6 rings (SSSR count). The normalized spacial score (nSPS) is 51.9. The highest BCUT2D eigenvalue weighted by Crippen LogP contribution is 2.72. The first-order valence-corrected chi connectivity index (χ1v) is 10.8. The Bertz CT molecular complexity index is 732. The lowest BCUT2D eigenvalue weighted by Crippen LogP contribution is -2.56. The Balaban J connectivity index is 1.39. The van der Waals surface area contributed by atoms with Crippen LogP contribution < -0.4 is 0 Å². The zero-order valence-corrected chi connectivity index (χ0v) is 15.9. The fourth-order valence-electron chi connectivity index (χ4n) is 8.38. The van der Waals surface area contributed by atoms with Gasteiger partial charge in [0, 0.05) is 11.5 Å². The fourth-order valence-corrected chi connectivity index (χ4v) is 8.38. The van der Waals surface area contributed by atoms with E-state index in [2.05, 4.69) is 13.0 Å². The number of hydrogen-bond donors (Lipinski definition) is 0. The summed E-state index contributed by atoms with van der Waals surface area (Å²) in [5.41, 5.74) is 3.47. The minimum absolute atomic E-state index is 0.0135. The Kier molecular flexibility index (Phi) is 3.08. The number of carbonyl (C=O) groups is 1. The topological polar surface area (TPSA) is 35.5 Å². The van der Waals surface area contributed by atoms with Crippen molar-refractivity contribution in [2.45, 2.75) is 70.3 Å². The summed E-state index contributed by atoms with van der Waals surface area (Å²) in [5.74, 6) is 1.93. The molecule has 0 N–H and O–H groups in total. The monoisotopic (exact) mass is 354 g/mol. The zero-order chi connectivity index (χ0) is 17.6. The molecule has 0 amide bonds. The molecule has 1 spiro atoms.